The van der Waals surface area contributed by atoms with Crippen molar-refractivity contribution < 1.29 is 45.8 Å². The number of thioether (sulfide) groups is 1. The van der Waals surface area contributed by atoms with Gasteiger partial charge in [-0.3, -0.25) is 4.79 Å². The predicted octanol–water partition coefficient (Wildman–Crippen LogP) is 4.24. The zero-order chi connectivity index (χ0) is 22.7. The molecule has 0 amide bonds. The summed E-state index contributed by atoms with van der Waals surface area (Å²) in [6.45, 7) is 2.85. The maximum atomic E-state index is 13.6. The Morgan fingerprint density at radius 1 is 1.00 bits per heavy atom. The molecule has 12 heteroatoms. The number of halogens is 5. The fourth-order valence-corrected chi connectivity index (χ4v) is 3.42. The molecule has 1 aromatic rings. The highest BCUT2D eigenvalue weighted by molar-refractivity contribution is 8.13. The van der Waals surface area contributed by atoms with Crippen LogP contribution in [0.3, 0.4) is 0 Å². The molecule has 0 N–H and O–H groups in total. The van der Waals surface area contributed by atoms with Crippen molar-refractivity contribution in [3.63, 3.8) is 0 Å². The van der Waals surface area contributed by atoms with Crippen molar-refractivity contribution in [2.75, 3.05) is 20.5 Å². The molecule has 0 aliphatic rings. The summed E-state index contributed by atoms with van der Waals surface area (Å²) >= 11 is 0.607. The normalized spacial score (nSPS) is 12.8. The molecule has 0 aliphatic carbocycles. The SMILES string of the molecule is COC(=O)c1c(C(F)F)nc(C(F)(F)F)c(C(=O)OC)c1C(C(=O)SC)C(C)C. The number of rotatable bonds is 6. The summed E-state index contributed by atoms with van der Waals surface area (Å²) in [5, 5.41) is -0.741. The summed E-state index contributed by atoms with van der Waals surface area (Å²) in [7, 11) is 1.59. The molecule has 0 bridgehead atoms. The van der Waals surface area contributed by atoms with Crippen molar-refractivity contribution in [2.24, 2.45) is 5.92 Å². The number of nitrogens with zero attached hydrogens (tertiary/aromatic N) is 1. The van der Waals surface area contributed by atoms with Crippen molar-refractivity contribution >= 4 is 28.8 Å². The molecular formula is C17H18F5NO5S. The van der Waals surface area contributed by atoms with Gasteiger partial charge in [-0.25, -0.2) is 23.4 Å². The molecule has 1 aromatic heterocycles. The number of aromatic nitrogens is 1. The molecular weight excluding hydrogens is 425 g/mol. The van der Waals surface area contributed by atoms with E-state index in [9.17, 15) is 36.3 Å². The minimum Gasteiger partial charge on any atom is -0.465 e. The summed E-state index contributed by atoms with van der Waals surface area (Å²) in [6, 6.07) is 0. The van der Waals surface area contributed by atoms with E-state index in [2.05, 4.69) is 14.5 Å². The molecule has 0 spiro atoms. The molecule has 0 saturated carbocycles. The zero-order valence-corrected chi connectivity index (χ0v) is 16.8. The Balaban J connectivity index is 4.35. The smallest absolute Gasteiger partial charge is 0.434 e. The van der Waals surface area contributed by atoms with Crippen molar-refractivity contribution in [3.8, 4) is 0 Å². The van der Waals surface area contributed by atoms with Crippen LogP contribution >= 0.6 is 11.8 Å². The van der Waals surface area contributed by atoms with Crippen LogP contribution in [0.25, 0.3) is 0 Å². The highest BCUT2D eigenvalue weighted by Crippen LogP contribution is 2.42. The highest BCUT2D eigenvalue weighted by atomic mass is 32.2. The molecule has 162 valence electrons. The molecule has 0 fully saturated rings. The molecule has 0 radical (unpaired) electrons. The number of alkyl halides is 5. The lowest BCUT2D eigenvalue weighted by Crippen LogP contribution is -2.29. The average molecular weight is 443 g/mol. The average Bonchev–Trinajstić information content (AvgIpc) is 2.64. The number of ether oxygens (including phenoxy) is 2. The van der Waals surface area contributed by atoms with Gasteiger partial charge in [-0.2, -0.15) is 13.2 Å². The molecule has 1 atom stereocenters. The van der Waals surface area contributed by atoms with Crippen LogP contribution in [-0.2, 0) is 20.4 Å². The first-order chi connectivity index (χ1) is 13.3. The van der Waals surface area contributed by atoms with Gasteiger partial charge >= 0.3 is 18.1 Å². The maximum absolute atomic E-state index is 13.6. The number of esters is 2. The largest absolute Gasteiger partial charge is 0.465 e. The van der Waals surface area contributed by atoms with Crippen molar-refractivity contribution in [1.29, 1.82) is 0 Å². The van der Waals surface area contributed by atoms with Gasteiger partial charge in [0, 0.05) is 0 Å². The number of carbonyl (C=O) groups is 3. The van der Waals surface area contributed by atoms with Crippen LogP contribution in [0.1, 0.15) is 63.9 Å². The number of carbonyl (C=O) groups excluding carboxylic acids is 3. The predicted molar refractivity (Wildman–Crippen MR) is 93.0 cm³/mol. The Kier molecular flexibility index (Phi) is 8.13. The second kappa shape index (κ2) is 9.51. The maximum Gasteiger partial charge on any atom is 0.434 e. The van der Waals surface area contributed by atoms with Crippen LogP contribution in [0.4, 0.5) is 22.0 Å². The van der Waals surface area contributed by atoms with E-state index in [1.165, 1.54) is 20.1 Å². The highest BCUT2D eigenvalue weighted by Gasteiger charge is 2.46. The Bertz CT molecular complexity index is 810. The number of methoxy groups -OCH3 is 2. The topological polar surface area (TPSA) is 82.6 Å². The summed E-state index contributed by atoms with van der Waals surface area (Å²) in [6.07, 6.45) is -7.64. The molecule has 29 heavy (non-hydrogen) atoms. The third-order valence-electron chi connectivity index (χ3n) is 3.95. The van der Waals surface area contributed by atoms with Gasteiger partial charge in [-0.05, 0) is 17.7 Å². The second-order valence-electron chi connectivity index (χ2n) is 6.04. The lowest BCUT2D eigenvalue weighted by molar-refractivity contribution is -0.142. The van der Waals surface area contributed by atoms with Gasteiger partial charge in [-0.15, -0.1) is 0 Å². The van der Waals surface area contributed by atoms with Gasteiger partial charge in [0.25, 0.3) is 6.43 Å². The lowest BCUT2D eigenvalue weighted by Gasteiger charge is -2.26. The van der Waals surface area contributed by atoms with E-state index in [0.717, 1.165) is 14.2 Å². The number of pyridine rings is 1. The van der Waals surface area contributed by atoms with E-state index in [1.807, 2.05) is 0 Å². The van der Waals surface area contributed by atoms with Gasteiger partial charge in [0.15, 0.2) is 10.8 Å². The van der Waals surface area contributed by atoms with Crippen molar-refractivity contribution in [2.45, 2.75) is 32.4 Å². The molecule has 0 aliphatic heterocycles. The van der Waals surface area contributed by atoms with Gasteiger partial charge in [-0.1, -0.05) is 25.6 Å². The van der Waals surface area contributed by atoms with Crippen LogP contribution in [0.2, 0.25) is 0 Å². The Morgan fingerprint density at radius 2 is 1.48 bits per heavy atom. The summed E-state index contributed by atoms with van der Waals surface area (Å²) in [4.78, 5) is 39.9. The Morgan fingerprint density at radius 3 is 1.83 bits per heavy atom. The minimum absolute atomic E-state index is 0.607. The van der Waals surface area contributed by atoms with Crippen molar-refractivity contribution in [3.05, 3.63) is 28.1 Å². The van der Waals surface area contributed by atoms with Crippen LogP contribution in [-0.4, -0.2) is 42.5 Å². The number of hydrogen-bond donors (Lipinski definition) is 0. The van der Waals surface area contributed by atoms with E-state index in [-0.39, 0.29) is 0 Å². The molecule has 1 heterocycles. The van der Waals surface area contributed by atoms with Gasteiger partial charge < -0.3 is 9.47 Å². The van der Waals surface area contributed by atoms with E-state index in [4.69, 9.17) is 0 Å². The summed E-state index contributed by atoms with van der Waals surface area (Å²) in [5.41, 5.74) is -6.67. The minimum atomic E-state index is -5.35. The van der Waals surface area contributed by atoms with Gasteiger partial charge in [0.05, 0.1) is 31.3 Å². The first-order valence-corrected chi connectivity index (χ1v) is 9.23. The van der Waals surface area contributed by atoms with Crippen molar-refractivity contribution in [1.82, 2.24) is 4.98 Å². The molecule has 1 unspecified atom stereocenters. The third kappa shape index (κ3) is 5.03. The van der Waals surface area contributed by atoms with E-state index in [1.54, 1.807) is 0 Å². The summed E-state index contributed by atoms with van der Waals surface area (Å²) in [5.74, 6) is -5.32. The molecule has 0 saturated heterocycles. The van der Waals surface area contributed by atoms with Crippen LogP contribution in [0.15, 0.2) is 0 Å². The fraction of sp³-hybridized carbons (Fsp3) is 0.529. The quantitative estimate of drug-likeness (QED) is 0.480. The van der Waals surface area contributed by atoms with Gasteiger partial charge in [0.1, 0.15) is 5.69 Å². The first kappa shape index (κ1) is 24.8. The summed E-state index contributed by atoms with van der Waals surface area (Å²) < 4.78 is 76.8. The second-order valence-corrected chi connectivity index (χ2v) is 6.85. The number of hydrogen-bond acceptors (Lipinski definition) is 7. The molecule has 6 nitrogen and oxygen atoms in total. The zero-order valence-electron chi connectivity index (χ0n) is 16.0. The third-order valence-corrected chi connectivity index (χ3v) is 4.61. The van der Waals surface area contributed by atoms with Crippen LogP contribution in [0.5, 0.6) is 0 Å². The molecule has 0 aromatic carbocycles. The Labute approximate surface area is 167 Å². The lowest BCUT2D eigenvalue weighted by atomic mass is 9.82. The standard InChI is InChI=1S/C17H18F5NO5S/c1-6(2)7(16(26)29-5)8-9(14(24)27-3)11(13(18)19)23-12(17(20,21)22)10(8)15(25)28-4/h6-7,13H,1-5H3. The Hall–Kier alpha value is -2.24. The van der Waals surface area contributed by atoms with E-state index in [0.29, 0.717) is 11.8 Å². The van der Waals surface area contributed by atoms with Gasteiger partial charge in [0.2, 0.25) is 0 Å². The first-order valence-electron chi connectivity index (χ1n) is 8.00. The van der Waals surface area contributed by atoms with E-state index < -0.39 is 69.6 Å². The van der Waals surface area contributed by atoms with E-state index >= 15 is 0 Å². The van der Waals surface area contributed by atoms with Crippen LogP contribution < -0.4 is 0 Å². The monoisotopic (exact) mass is 443 g/mol. The van der Waals surface area contributed by atoms with Crippen LogP contribution in [0, 0.1) is 5.92 Å². The fourth-order valence-electron chi connectivity index (χ4n) is 2.77. The molecule has 1 rings (SSSR count).